The number of halogens is 3. The van der Waals surface area contributed by atoms with Crippen LogP contribution in [0.3, 0.4) is 0 Å². The number of para-hydroxylation sites is 1. The zero-order valence-corrected chi connectivity index (χ0v) is 19.1. The lowest BCUT2D eigenvalue weighted by molar-refractivity contribution is -0.223. The molecule has 0 saturated heterocycles. The molecule has 1 N–H and O–H groups in total. The van der Waals surface area contributed by atoms with Crippen molar-refractivity contribution in [3.05, 3.63) is 94.5 Å². The number of carbonyl (C=O) groups is 1. The molecule has 3 aromatic carbocycles. The van der Waals surface area contributed by atoms with Gasteiger partial charge in [-0.25, -0.2) is 9.79 Å². The molecule has 5 rings (SSSR count). The van der Waals surface area contributed by atoms with E-state index in [1.165, 1.54) is 31.4 Å². The summed E-state index contributed by atoms with van der Waals surface area (Å²) in [4.78, 5) is 22.4. The zero-order chi connectivity index (χ0) is 25.0. The van der Waals surface area contributed by atoms with Crippen molar-refractivity contribution in [3.8, 4) is 5.75 Å². The first-order valence-electron chi connectivity index (χ1n) is 10.8. The number of nitrogens with zero attached hydrogens (tertiary/aromatic N) is 3. The van der Waals surface area contributed by atoms with Crippen LogP contribution in [0.25, 0.3) is 0 Å². The number of hydrogen-bond donors (Lipinski definition) is 1. The summed E-state index contributed by atoms with van der Waals surface area (Å²) in [6, 6.07) is 16.6. The average Bonchev–Trinajstić information content (AvgIpc) is 3.14. The smallest absolute Gasteiger partial charge is 0.435 e. The van der Waals surface area contributed by atoms with Crippen molar-refractivity contribution in [2.24, 2.45) is 9.98 Å². The molecule has 2 aliphatic heterocycles. The van der Waals surface area contributed by atoms with Gasteiger partial charge in [-0.2, -0.15) is 18.2 Å². The van der Waals surface area contributed by atoms with Crippen LogP contribution in [-0.2, 0) is 5.66 Å². The standard InChI is InChI=1S/C26H21F3N4O2/c1-15-7-6-8-16(2)21(15)30-22-19-9-4-5-10-20(19)23-31-24(34)32-25(33(22)23,26(27,28)29)17-11-13-18(35-3)14-12-17/h4-14H,1-3H3,(H,32,34). The summed E-state index contributed by atoms with van der Waals surface area (Å²) in [5, 5.41) is 2.13. The highest BCUT2D eigenvalue weighted by atomic mass is 19.4. The minimum absolute atomic E-state index is 0.0462. The maximum atomic E-state index is 15.2. The van der Waals surface area contributed by atoms with E-state index < -0.39 is 17.9 Å². The number of ether oxygens (including phenoxy) is 1. The first-order chi connectivity index (χ1) is 16.7. The Hall–Kier alpha value is -4.14. The minimum Gasteiger partial charge on any atom is -0.497 e. The average molecular weight is 478 g/mol. The molecule has 0 bridgehead atoms. The second-order valence-corrected chi connectivity index (χ2v) is 8.36. The van der Waals surface area contributed by atoms with Gasteiger partial charge in [0, 0.05) is 16.7 Å². The van der Waals surface area contributed by atoms with Gasteiger partial charge < -0.3 is 10.1 Å². The summed E-state index contributed by atoms with van der Waals surface area (Å²) in [5.74, 6) is 0.323. The highest BCUT2D eigenvalue weighted by molar-refractivity contribution is 6.28. The molecular weight excluding hydrogens is 457 g/mol. The molecule has 2 heterocycles. The van der Waals surface area contributed by atoms with Gasteiger partial charge in [-0.05, 0) is 37.1 Å². The fourth-order valence-electron chi connectivity index (χ4n) is 4.57. The maximum absolute atomic E-state index is 15.2. The molecule has 3 aromatic rings. The molecule has 0 aliphatic carbocycles. The molecule has 0 fully saturated rings. The zero-order valence-electron chi connectivity index (χ0n) is 19.1. The highest BCUT2D eigenvalue weighted by Crippen LogP contribution is 2.48. The molecule has 35 heavy (non-hydrogen) atoms. The van der Waals surface area contributed by atoms with E-state index in [0.717, 1.165) is 16.0 Å². The largest absolute Gasteiger partial charge is 0.497 e. The van der Waals surface area contributed by atoms with Crippen molar-refractivity contribution in [1.29, 1.82) is 0 Å². The number of methoxy groups -OCH3 is 1. The Kier molecular flexibility index (Phi) is 5.16. The van der Waals surface area contributed by atoms with Gasteiger partial charge in [-0.3, -0.25) is 4.90 Å². The van der Waals surface area contributed by atoms with Gasteiger partial charge >= 0.3 is 12.2 Å². The molecule has 2 amide bonds. The highest BCUT2D eigenvalue weighted by Gasteiger charge is 2.66. The molecular formula is C26H21F3N4O2. The van der Waals surface area contributed by atoms with Gasteiger partial charge in [0.25, 0.3) is 0 Å². The van der Waals surface area contributed by atoms with E-state index in [9.17, 15) is 4.79 Å². The Bertz CT molecular complexity index is 1380. The van der Waals surface area contributed by atoms with Crippen molar-refractivity contribution >= 4 is 23.4 Å². The fourth-order valence-corrected chi connectivity index (χ4v) is 4.57. The number of carbonyl (C=O) groups excluding carboxylic acids is 1. The van der Waals surface area contributed by atoms with E-state index in [4.69, 9.17) is 9.73 Å². The van der Waals surface area contributed by atoms with Crippen LogP contribution in [0.4, 0.5) is 23.7 Å². The number of alkyl halides is 3. The number of nitrogens with one attached hydrogen (secondary N) is 1. The molecule has 6 nitrogen and oxygen atoms in total. The van der Waals surface area contributed by atoms with Crippen LogP contribution in [0, 0.1) is 13.8 Å². The van der Waals surface area contributed by atoms with Gasteiger partial charge in [0.1, 0.15) is 11.6 Å². The van der Waals surface area contributed by atoms with Crippen molar-refractivity contribution in [2.45, 2.75) is 25.7 Å². The van der Waals surface area contributed by atoms with Crippen LogP contribution in [0.15, 0.2) is 76.7 Å². The van der Waals surface area contributed by atoms with Crippen LogP contribution >= 0.6 is 0 Å². The Morgan fingerprint density at radius 2 is 1.57 bits per heavy atom. The van der Waals surface area contributed by atoms with Crippen molar-refractivity contribution < 1.29 is 22.7 Å². The van der Waals surface area contributed by atoms with Crippen LogP contribution in [0.1, 0.15) is 27.8 Å². The second kappa shape index (κ2) is 7.97. The predicted octanol–water partition coefficient (Wildman–Crippen LogP) is 5.59. The Labute approximate surface area is 199 Å². The fraction of sp³-hybridized carbons (Fsp3) is 0.192. The van der Waals surface area contributed by atoms with Crippen LogP contribution < -0.4 is 10.1 Å². The number of amides is 2. The molecule has 9 heteroatoms. The summed E-state index contributed by atoms with van der Waals surface area (Å²) in [7, 11) is 1.42. The summed E-state index contributed by atoms with van der Waals surface area (Å²) < 4.78 is 50.6. The van der Waals surface area contributed by atoms with Crippen LogP contribution in [0.2, 0.25) is 0 Å². The van der Waals surface area contributed by atoms with Gasteiger partial charge in [0.15, 0.2) is 5.84 Å². The number of aliphatic imine (C=N–C) groups is 2. The van der Waals surface area contributed by atoms with Crippen LogP contribution in [0.5, 0.6) is 5.75 Å². The summed E-state index contributed by atoms with van der Waals surface area (Å²) in [6.07, 6.45) is -4.94. The lowest BCUT2D eigenvalue weighted by Gasteiger charge is -2.46. The third-order valence-corrected chi connectivity index (χ3v) is 6.24. The van der Waals surface area contributed by atoms with E-state index in [-0.39, 0.29) is 17.2 Å². The number of rotatable bonds is 3. The number of aryl methyl sites for hydroxylation is 2. The molecule has 0 saturated carbocycles. The number of benzene rings is 3. The lowest BCUT2D eigenvalue weighted by atomic mass is 9.95. The molecule has 2 aliphatic rings. The molecule has 178 valence electrons. The van der Waals surface area contributed by atoms with Gasteiger partial charge in [0.2, 0.25) is 5.66 Å². The maximum Gasteiger partial charge on any atom is 0.435 e. The predicted molar refractivity (Wildman–Crippen MR) is 126 cm³/mol. The first-order valence-corrected chi connectivity index (χ1v) is 10.8. The van der Waals surface area contributed by atoms with E-state index in [1.807, 2.05) is 32.0 Å². The summed E-state index contributed by atoms with van der Waals surface area (Å²) >= 11 is 0. The molecule has 0 aromatic heterocycles. The molecule has 1 atom stereocenters. The van der Waals surface area contributed by atoms with Gasteiger partial charge in [-0.15, -0.1) is 0 Å². The Balaban J connectivity index is 1.85. The number of fused-ring (bicyclic) bond motifs is 3. The number of urea groups is 1. The third-order valence-electron chi connectivity index (χ3n) is 6.24. The quantitative estimate of drug-likeness (QED) is 0.534. The van der Waals surface area contributed by atoms with E-state index in [2.05, 4.69) is 10.3 Å². The molecule has 0 radical (unpaired) electrons. The summed E-state index contributed by atoms with van der Waals surface area (Å²) in [6.45, 7) is 3.70. The second-order valence-electron chi connectivity index (χ2n) is 8.36. The Morgan fingerprint density at radius 1 is 0.943 bits per heavy atom. The van der Waals surface area contributed by atoms with E-state index in [1.54, 1.807) is 24.3 Å². The van der Waals surface area contributed by atoms with Gasteiger partial charge in [0.05, 0.1) is 12.8 Å². The number of hydrogen-bond acceptors (Lipinski definition) is 3. The van der Waals surface area contributed by atoms with Crippen molar-refractivity contribution in [1.82, 2.24) is 10.2 Å². The third kappa shape index (κ3) is 3.38. The monoisotopic (exact) mass is 478 g/mol. The van der Waals surface area contributed by atoms with E-state index >= 15 is 13.2 Å². The lowest BCUT2D eigenvalue weighted by Crippen LogP contribution is -2.69. The van der Waals surface area contributed by atoms with E-state index in [0.29, 0.717) is 22.6 Å². The van der Waals surface area contributed by atoms with Crippen molar-refractivity contribution in [3.63, 3.8) is 0 Å². The topological polar surface area (TPSA) is 66.3 Å². The summed E-state index contributed by atoms with van der Waals surface area (Å²) in [5.41, 5.74) is -0.120. The Morgan fingerprint density at radius 3 is 2.17 bits per heavy atom. The molecule has 0 spiro atoms. The minimum atomic E-state index is -4.94. The SMILES string of the molecule is COc1ccc(C2(C(F)(F)F)NC(=O)N=C3c4ccccc4C(=Nc4c(C)cccc4C)N32)cc1. The number of amidine groups is 2. The van der Waals surface area contributed by atoms with Gasteiger partial charge in [-0.1, -0.05) is 54.6 Å². The van der Waals surface area contributed by atoms with Crippen molar-refractivity contribution in [2.75, 3.05) is 7.11 Å². The molecule has 1 unspecified atom stereocenters. The normalized spacial score (nSPS) is 20.3. The van der Waals surface area contributed by atoms with Crippen LogP contribution in [-0.4, -0.2) is 35.9 Å². The first kappa shape index (κ1) is 22.6.